The molecule has 1 aromatic carbocycles. The van der Waals surface area contributed by atoms with Gasteiger partial charge in [0, 0.05) is 36.6 Å². The maximum absolute atomic E-state index is 6.24. The van der Waals surface area contributed by atoms with E-state index < -0.39 is 0 Å². The van der Waals surface area contributed by atoms with Crippen LogP contribution in [-0.2, 0) is 4.74 Å². The van der Waals surface area contributed by atoms with Gasteiger partial charge in [-0.3, -0.25) is 4.90 Å². The summed E-state index contributed by atoms with van der Waals surface area (Å²) in [5.74, 6) is 2.23. The number of nitrogens with zero attached hydrogens (tertiary/aromatic N) is 3. The van der Waals surface area contributed by atoms with E-state index in [0.717, 1.165) is 43.8 Å². The summed E-state index contributed by atoms with van der Waals surface area (Å²) < 4.78 is 16.4. The number of nitrogen functional groups attached to an aromatic ring is 1. The fourth-order valence-electron chi connectivity index (χ4n) is 4.65. The quantitative estimate of drug-likeness (QED) is 0.763. The highest BCUT2D eigenvalue weighted by Crippen LogP contribution is 2.36. The lowest BCUT2D eigenvalue weighted by Gasteiger charge is -2.48. The van der Waals surface area contributed by atoms with Gasteiger partial charge in [0.1, 0.15) is 5.82 Å². The number of hydrogen-bond acceptors (Lipinski definition) is 8. The van der Waals surface area contributed by atoms with Gasteiger partial charge in [0.2, 0.25) is 5.95 Å². The van der Waals surface area contributed by atoms with Crippen molar-refractivity contribution in [1.82, 2.24) is 14.9 Å². The van der Waals surface area contributed by atoms with Crippen molar-refractivity contribution in [3.05, 3.63) is 12.1 Å². The lowest BCUT2D eigenvalue weighted by molar-refractivity contribution is -0.0319. The second-order valence-corrected chi connectivity index (χ2v) is 7.89. The Morgan fingerprint density at radius 1 is 1.07 bits per heavy atom. The summed E-state index contributed by atoms with van der Waals surface area (Å²) in [6.45, 7) is 4.40. The normalized spacial score (nSPS) is 19.8. The molecule has 1 aromatic heterocycles. The SMILES string of the molecule is COc1cc2nc(NCC3(N4CCOCC4)CCCCC3)nc(N)c2cc1OC. The predicted molar refractivity (Wildman–Crippen MR) is 114 cm³/mol. The van der Waals surface area contributed by atoms with Crippen LogP contribution in [0.4, 0.5) is 11.8 Å². The first-order valence-electron chi connectivity index (χ1n) is 10.4. The van der Waals surface area contributed by atoms with Crippen molar-refractivity contribution in [2.45, 2.75) is 37.6 Å². The van der Waals surface area contributed by atoms with Gasteiger partial charge in [-0.15, -0.1) is 0 Å². The first-order chi connectivity index (χ1) is 14.1. The molecule has 8 nitrogen and oxygen atoms in total. The summed E-state index contributed by atoms with van der Waals surface area (Å²) in [7, 11) is 3.22. The molecule has 0 unspecified atom stereocenters. The van der Waals surface area contributed by atoms with Crippen LogP contribution in [0.1, 0.15) is 32.1 Å². The van der Waals surface area contributed by atoms with Crippen molar-refractivity contribution < 1.29 is 14.2 Å². The second-order valence-electron chi connectivity index (χ2n) is 7.89. The highest BCUT2D eigenvalue weighted by atomic mass is 16.5. The predicted octanol–water partition coefficient (Wildman–Crippen LogP) is 2.68. The molecule has 2 aliphatic rings. The summed E-state index contributed by atoms with van der Waals surface area (Å²) in [4.78, 5) is 11.8. The zero-order valence-electron chi connectivity index (χ0n) is 17.4. The molecule has 0 spiro atoms. The molecule has 2 fully saturated rings. The third kappa shape index (κ3) is 4.04. The molecular weight excluding hydrogens is 370 g/mol. The van der Waals surface area contributed by atoms with Crippen LogP contribution in [-0.4, -0.2) is 67.5 Å². The fraction of sp³-hybridized carbons (Fsp3) is 0.619. The molecule has 0 amide bonds. The summed E-state index contributed by atoms with van der Waals surface area (Å²) in [5, 5.41) is 4.25. The zero-order chi connectivity index (χ0) is 20.3. The van der Waals surface area contributed by atoms with E-state index in [-0.39, 0.29) is 5.54 Å². The summed E-state index contributed by atoms with van der Waals surface area (Å²) in [5.41, 5.74) is 7.11. The van der Waals surface area contributed by atoms with E-state index in [1.165, 1.54) is 32.1 Å². The highest BCUT2D eigenvalue weighted by Gasteiger charge is 2.38. The van der Waals surface area contributed by atoms with E-state index in [2.05, 4.69) is 15.2 Å². The maximum Gasteiger partial charge on any atom is 0.225 e. The lowest BCUT2D eigenvalue weighted by Crippen LogP contribution is -2.58. The molecule has 4 rings (SSSR count). The van der Waals surface area contributed by atoms with Gasteiger partial charge < -0.3 is 25.3 Å². The van der Waals surface area contributed by atoms with Crippen LogP contribution < -0.4 is 20.5 Å². The van der Waals surface area contributed by atoms with Crippen molar-refractivity contribution >= 4 is 22.7 Å². The molecule has 158 valence electrons. The van der Waals surface area contributed by atoms with Gasteiger partial charge in [-0.25, -0.2) is 4.98 Å². The molecule has 1 aliphatic heterocycles. The molecule has 1 saturated heterocycles. The lowest BCUT2D eigenvalue weighted by atomic mass is 9.80. The molecule has 3 N–H and O–H groups in total. The Bertz CT molecular complexity index is 848. The van der Waals surface area contributed by atoms with Crippen molar-refractivity contribution in [3.63, 3.8) is 0 Å². The average Bonchev–Trinajstić information content (AvgIpc) is 2.78. The topological polar surface area (TPSA) is 94.8 Å². The van der Waals surface area contributed by atoms with Gasteiger partial charge in [-0.1, -0.05) is 19.3 Å². The van der Waals surface area contributed by atoms with Crippen molar-refractivity contribution in [1.29, 1.82) is 0 Å². The molecule has 0 bridgehead atoms. The minimum atomic E-state index is 0.132. The number of anilines is 2. The molecule has 2 heterocycles. The fourth-order valence-corrected chi connectivity index (χ4v) is 4.65. The van der Waals surface area contributed by atoms with Gasteiger partial charge >= 0.3 is 0 Å². The Kier molecular flexibility index (Phi) is 5.91. The molecule has 0 radical (unpaired) electrons. The Morgan fingerprint density at radius 2 is 1.76 bits per heavy atom. The van der Waals surface area contributed by atoms with Crippen LogP contribution in [0.3, 0.4) is 0 Å². The van der Waals surface area contributed by atoms with Gasteiger partial charge in [-0.05, 0) is 18.9 Å². The monoisotopic (exact) mass is 401 g/mol. The number of nitrogens with one attached hydrogen (secondary N) is 1. The molecule has 2 aromatic rings. The number of hydrogen-bond donors (Lipinski definition) is 2. The average molecular weight is 402 g/mol. The van der Waals surface area contributed by atoms with Crippen LogP contribution in [0, 0.1) is 0 Å². The first kappa shape index (κ1) is 20.0. The number of methoxy groups -OCH3 is 2. The molecule has 8 heteroatoms. The third-order valence-electron chi connectivity index (χ3n) is 6.27. The summed E-state index contributed by atoms with van der Waals surface area (Å²) >= 11 is 0. The number of aromatic nitrogens is 2. The number of ether oxygens (including phenoxy) is 3. The number of nitrogens with two attached hydrogens (primary N) is 1. The third-order valence-corrected chi connectivity index (χ3v) is 6.27. The van der Waals surface area contributed by atoms with Crippen molar-refractivity contribution in [2.75, 3.05) is 58.1 Å². The van der Waals surface area contributed by atoms with E-state index in [1.54, 1.807) is 14.2 Å². The molecule has 29 heavy (non-hydrogen) atoms. The van der Waals surface area contributed by atoms with Gasteiger partial charge in [-0.2, -0.15) is 4.98 Å². The van der Waals surface area contributed by atoms with Gasteiger partial charge in [0.05, 0.1) is 33.0 Å². The zero-order valence-corrected chi connectivity index (χ0v) is 17.4. The minimum absolute atomic E-state index is 0.132. The highest BCUT2D eigenvalue weighted by molar-refractivity contribution is 5.91. The van der Waals surface area contributed by atoms with E-state index in [4.69, 9.17) is 24.9 Å². The van der Waals surface area contributed by atoms with Crippen LogP contribution in [0.25, 0.3) is 10.9 Å². The Hall–Kier alpha value is -2.32. The van der Waals surface area contributed by atoms with E-state index in [0.29, 0.717) is 23.3 Å². The Morgan fingerprint density at radius 3 is 2.45 bits per heavy atom. The molecule has 1 aliphatic carbocycles. The van der Waals surface area contributed by atoms with Crippen LogP contribution >= 0.6 is 0 Å². The summed E-state index contributed by atoms with van der Waals surface area (Å²) in [6, 6.07) is 3.67. The molecule has 1 saturated carbocycles. The summed E-state index contributed by atoms with van der Waals surface area (Å²) in [6.07, 6.45) is 6.21. The van der Waals surface area contributed by atoms with Crippen molar-refractivity contribution in [3.8, 4) is 11.5 Å². The first-order valence-corrected chi connectivity index (χ1v) is 10.4. The number of fused-ring (bicyclic) bond motifs is 1. The maximum atomic E-state index is 6.24. The van der Waals surface area contributed by atoms with Crippen molar-refractivity contribution in [2.24, 2.45) is 0 Å². The van der Waals surface area contributed by atoms with Gasteiger partial charge in [0.15, 0.2) is 11.5 Å². The van der Waals surface area contributed by atoms with Gasteiger partial charge in [0.25, 0.3) is 0 Å². The number of rotatable bonds is 6. The second kappa shape index (κ2) is 8.59. The number of morpholine rings is 1. The molecular formula is C21H31N5O3. The van der Waals surface area contributed by atoms with Crippen LogP contribution in [0.2, 0.25) is 0 Å². The Labute approximate surface area is 171 Å². The smallest absolute Gasteiger partial charge is 0.225 e. The Balaban J connectivity index is 1.59. The molecule has 0 atom stereocenters. The van der Waals surface area contributed by atoms with E-state index >= 15 is 0 Å². The van der Waals surface area contributed by atoms with E-state index in [1.807, 2.05) is 12.1 Å². The van der Waals surface area contributed by atoms with E-state index in [9.17, 15) is 0 Å². The van der Waals surface area contributed by atoms with Crippen LogP contribution in [0.5, 0.6) is 11.5 Å². The standard InChI is InChI=1S/C21H31N5O3/c1-27-17-12-15-16(13-18(17)28-2)24-20(25-19(15)22)23-14-21(6-4-3-5-7-21)26-8-10-29-11-9-26/h12-13H,3-11,14H2,1-2H3,(H3,22,23,24,25). The number of benzene rings is 1. The largest absolute Gasteiger partial charge is 0.493 e. The van der Waals surface area contributed by atoms with Crippen LogP contribution in [0.15, 0.2) is 12.1 Å². The minimum Gasteiger partial charge on any atom is -0.493 e.